The maximum Gasteiger partial charge on any atom is 0.158 e. The molecule has 0 aliphatic carbocycles. The van der Waals surface area contributed by atoms with Gasteiger partial charge in [0.25, 0.3) is 0 Å². The average Bonchev–Trinajstić information content (AvgIpc) is 2.70. The van der Waals surface area contributed by atoms with E-state index in [1.165, 1.54) is 6.20 Å². The highest BCUT2D eigenvalue weighted by molar-refractivity contribution is 6.34. The number of rotatable bonds is 6. The zero-order valence-electron chi connectivity index (χ0n) is 16.1. The van der Waals surface area contributed by atoms with Gasteiger partial charge in [-0.2, -0.15) is 0 Å². The van der Waals surface area contributed by atoms with Crippen LogP contribution in [-0.2, 0) is 11.3 Å². The van der Waals surface area contributed by atoms with Gasteiger partial charge < -0.3 is 20.1 Å². The molecule has 1 aromatic carbocycles. The summed E-state index contributed by atoms with van der Waals surface area (Å²) >= 11 is 12.3. The van der Waals surface area contributed by atoms with Crippen LogP contribution in [0, 0.1) is 0 Å². The second kappa shape index (κ2) is 9.22. The lowest BCUT2D eigenvalue weighted by Gasteiger charge is -2.30. The Morgan fingerprint density at radius 2 is 1.90 bits per heavy atom. The van der Waals surface area contributed by atoms with E-state index in [2.05, 4.69) is 26.2 Å². The van der Waals surface area contributed by atoms with Crippen LogP contribution in [0.4, 0.5) is 11.5 Å². The summed E-state index contributed by atoms with van der Waals surface area (Å²) in [5.41, 5.74) is 2.65. The maximum atomic E-state index is 10.5. The summed E-state index contributed by atoms with van der Waals surface area (Å²) in [6.07, 6.45) is 5.59. The molecule has 0 amide bonds. The molecule has 0 unspecified atom stereocenters. The normalized spacial score (nSPS) is 16.7. The van der Waals surface area contributed by atoms with E-state index in [-0.39, 0.29) is 5.75 Å². The van der Waals surface area contributed by atoms with E-state index in [0.717, 1.165) is 62.0 Å². The zero-order valence-corrected chi connectivity index (χ0v) is 17.6. The van der Waals surface area contributed by atoms with Crippen LogP contribution in [0.3, 0.4) is 0 Å². The van der Waals surface area contributed by atoms with E-state index in [1.807, 2.05) is 18.2 Å². The summed E-state index contributed by atoms with van der Waals surface area (Å²) in [7, 11) is 0. The molecule has 154 valence electrons. The SMILES string of the molecule is Oc1cnc(NCCN2CCOCC2)c2c1N(Cc1cc(Cl)cc(Cl)c1)CC=C2. The van der Waals surface area contributed by atoms with Crippen LogP contribution in [0.15, 0.2) is 30.5 Å². The predicted octanol–water partition coefficient (Wildman–Crippen LogP) is 3.87. The number of aromatic nitrogens is 1. The molecule has 4 rings (SSSR count). The van der Waals surface area contributed by atoms with Crippen molar-refractivity contribution in [1.82, 2.24) is 9.88 Å². The Kier molecular flexibility index (Phi) is 6.45. The molecule has 0 saturated carbocycles. The number of fused-ring (bicyclic) bond motifs is 1. The Balaban J connectivity index is 1.50. The summed E-state index contributed by atoms with van der Waals surface area (Å²) in [5, 5.41) is 15.2. The van der Waals surface area contributed by atoms with Gasteiger partial charge in [-0.3, -0.25) is 4.90 Å². The molecule has 0 bridgehead atoms. The topological polar surface area (TPSA) is 60.9 Å². The van der Waals surface area contributed by atoms with E-state index in [0.29, 0.717) is 23.1 Å². The molecule has 8 heteroatoms. The molecule has 0 radical (unpaired) electrons. The number of anilines is 2. The third-order valence-corrected chi connectivity index (χ3v) is 5.55. The van der Waals surface area contributed by atoms with Crippen LogP contribution in [0.25, 0.3) is 6.08 Å². The molecular formula is C21H24Cl2N4O2. The molecule has 0 spiro atoms. The third kappa shape index (κ3) is 4.95. The predicted molar refractivity (Wildman–Crippen MR) is 118 cm³/mol. The van der Waals surface area contributed by atoms with Crippen molar-refractivity contribution in [3.8, 4) is 5.75 Å². The van der Waals surface area contributed by atoms with E-state index in [4.69, 9.17) is 27.9 Å². The molecule has 2 aromatic rings. The van der Waals surface area contributed by atoms with E-state index in [1.54, 1.807) is 6.07 Å². The van der Waals surface area contributed by atoms with Gasteiger partial charge in [0.2, 0.25) is 0 Å². The number of hydrogen-bond acceptors (Lipinski definition) is 6. The van der Waals surface area contributed by atoms with Crippen LogP contribution in [0.5, 0.6) is 5.75 Å². The van der Waals surface area contributed by atoms with Crippen LogP contribution in [0.1, 0.15) is 11.1 Å². The van der Waals surface area contributed by atoms with Gasteiger partial charge in [0, 0.05) is 54.9 Å². The van der Waals surface area contributed by atoms with Crippen molar-refractivity contribution in [2.24, 2.45) is 0 Å². The van der Waals surface area contributed by atoms with E-state index >= 15 is 0 Å². The van der Waals surface area contributed by atoms with Crippen molar-refractivity contribution in [3.63, 3.8) is 0 Å². The van der Waals surface area contributed by atoms with Gasteiger partial charge >= 0.3 is 0 Å². The summed E-state index contributed by atoms with van der Waals surface area (Å²) in [4.78, 5) is 8.89. The Hall–Kier alpha value is -1.99. The average molecular weight is 435 g/mol. The number of nitrogens with one attached hydrogen (secondary N) is 1. The lowest BCUT2D eigenvalue weighted by molar-refractivity contribution is 0.0398. The lowest BCUT2D eigenvalue weighted by atomic mass is 10.1. The monoisotopic (exact) mass is 434 g/mol. The second-order valence-electron chi connectivity index (χ2n) is 7.20. The highest BCUT2D eigenvalue weighted by atomic mass is 35.5. The summed E-state index contributed by atoms with van der Waals surface area (Å²) in [6.45, 7) is 6.47. The number of aromatic hydroxyl groups is 1. The maximum absolute atomic E-state index is 10.5. The van der Waals surface area contributed by atoms with Crippen molar-refractivity contribution >= 4 is 40.8 Å². The molecule has 29 heavy (non-hydrogen) atoms. The Morgan fingerprint density at radius 3 is 2.66 bits per heavy atom. The van der Waals surface area contributed by atoms with Crippen molar-refractivity contribution in [2.45, 2.75) is 6.54 Å². The first-order chi connectivity index (χ1) is 14.1. The standard InChI is InChI=1S/C21H24Cl2N4O2/c22-16-10-15(11-17(23)12-16)14-27-4-1-2-18-20(27)19(28)13-25-21(18)24-3-5-26-6-8-29-9-7-26/h1-2,10-13,28H,3-9,14H2,(H,24,25). The van der Waals surface area contributed by atoms with Crippen molar-refractivity contribution in [2.75, 3.05) is 56.2 Å². The van der Waals surface area contributed by atoms with Gasteiger partial charge in [-0.05, 0) is 23.8 Å². The fourth-order valence-corrected chi connectivity index (χ4v) is 4.32. The van der Waals surface area contributed by atoms with Gasteiger partial charge in [-0.25, -0.2) is 4.98 Å². The number of hydrogen-bond donors (Lipinski definition) is 2. The molecule has 0 atom stereocenters. The number of morpholine rings is 1. The number of ether oxygens (including phenoxy) is 1. The molecular weight excluding hydrogens is 411 g/mol. The molecule has 2 aliphatic rings. The first-order valence-electron chi connectivity index (χ1n) is 9.72. The lowest BCUT2D eigenvalue weighted by Crippen LogP contribution is -2.39. The minimum absolute atomic E-state index is 0.163. The van der Waals surface area contributed by atoms with Crippen LogP contribution in [0.2, 0.25) is 10.0 Å². The minimum atomic E-state index is 0.163. The molecule has 2 aliphatic heterocycles. The van der Waals surface area contributed by atoms with Crippen molar-refractivity contribution in [3.05, 3.63) is 51.6 Å². The Bertz CT molecular complexity index is 880. The van der Waals surface area contributed by atoms with Crippen LogP contribution >= 0.6 is 23.2 Å². The first kappa shape index (κ1) is 20.3. The van der Waals surface area contributed by atoms with Gasteiger partial charge in [0.15, 0.2) is 5.75 Å². The molecule has 2 N–H and O–H groups in total. The number of benzene rings is 1. The smallest absolute Gasteiger partial charge is 0.158 e. The summed E-state index contributed by atoms with van der Waals surface area (Å²) in [5.74, 6) is 0.937. The van der Waals surface area contributed by atoms with E-state index < -0.39 is 0 Å². The molecule has 3 heterocycles. The molecule has 1 saturated heterocycles. The van der Waals surface area contributed by atoms with Gasteiger partial charge in [0.05, 0.1) is 25.1 Å². The molecule has 1 fully saturated rings. The summed E-state index contributed by atoms with van der Waals surface area (Å²) in [6, 6.07) is 5.50. The highest BCUT2D eigenvalue weighted by Gasteiger charge is 2.22. The number of nitrogens with zero attached hydrogens (tertiary/aromatic N) is 3. The fourth-order valence-electron chi connectivity index (χ4n) is 3.75. The van der Waals surface area contributed by atoms with Crippen LogP contribution in [-0.4, -0.2) is 60.9 Å². The number of pyridine rings is 1. The quantitative estimate of drug-likeness (QED) is 0.719. The van der Waals surface area contributed by atoms with E-state index in [9.17, 15) is 5.11 Å². The largest absolute Gasteiger partial charge is 0.504 e. The Labute approximate surface area is 180 Å². The van der Waals surface area contributed by atoms with Gasteiger partial charge in [0.1, 0.15) is 5.82 Å². The van der Waals surface area contributed by atoms with Crippen molar-refractivity contribution in [1.29, 1.82) is 0 Å². The zero-order chi connectivity index (χ0) is 20.2. The van der Waals surface area contributed by atoms with Crippen LogP contribution < -0.4 is 10.2 Å². The number of halogens is 2. The first-order valence-corrected chi connectivity index (χ1v) is 10.5. The highest BCUT2D eigenvalue weighted by Crippen LogP contribution is 2.39. The van der Waals surface area contributed by atoms with Gasteiger partial charge in [-0.1, -0.05) is 35.4 Å². The molecule has 6 nitrogen and oxygen atoms in total. The fraction of sp³-hybridized carbons (Fsp3) is 0.381. The van der Waals surface area contributed by atoms with Crippen molar-refractivity contribution < 1.29 is 9.84 Å². The minimum Gasteiger partial charge on any atom is -0.504 e. The third-order valence-electron chi connectivity index (χ3n) is 5.12. The molecule has 1 aromatic heterocycles. The Morgan fingerprint density at radius 1 is 1.14 bits per heavy atom. The summed E-state index contributed by atoms with van der Waals surface area (Å²) < 4.78 is 5.39. The van der Waals surface area contributed by atoms with Gasteiger partial charge in [-0.15, -0.1) is 0 Å². The second-order valence-corrected chi connectivity index (χ2v) is 8.07.